The largest absolute Gasteiger partial charge is 0.466 e. The Morgan fingerprint density at radius 2 is 1.70 bits per heavy atom. The molecule has 1 heterocycles. The number of amides is 1. The molecule has 178 valence electrons. The summed E-state index contributed by atoms with van der Waals surface area (Å²) in [4.78, 5) is 26.7. The monoisotopic (exact) mass is 512 g/mol. The second-order valence-electron chi connectivity index (χ2n) is 7.83. The molecule has 10 heteroatoms. The van der Waals surface area contributed by atoms with Gasteiger partial charge in [0.1, 0.15) is 6.54 Å². The molecule has 0 bridgehead atoms. The quantitative estimate of drug-likeness (QED) is 0.516. The van der Waals surface area contributed by atoms with Gasteiger partial charge in [0.2, 0.25) is 5.91 Å². The van der Waals surface area contributed by atoms with Crippen molar-refractivity contribution >= 4 is 50.8 Å². The number of nitrogens with zero attached hydrogens (tertiary/aromatic N) is 2. The molecule has 1 saturated heterocycles. The molecule has 33 heavy (non-hydrogen) atoms. The molecule has 2 aromatic carbocycles. The van der Waals surface area contributed by atoms with Crippen LogP contribution in [0.2, 0.25) is 10.0 Å². The molecular formula is C23H26Cl2N2O5S. The lowest BCUT2D eigenvalue weighted by Gasteiger charge is -2.33. The Labute approximate surface area is 204 Å². The normalized spacial score (nSPS) is 14.7. The number of likely N-dealkylation sites (tertiary alicyclic amines) is 1. The first-order chi connectivity index (χ1) is 15.6. The highest BCUT2D eigenvalue weighted by Gasteiger charge is 2.32. The van der Waals surface area contributed by atoms with Crippen molar-refractivity contribution in [3.05, 3.63) is 58.1 Å². The summed E-state index contributed by atoms with van der Waals surface area (Å²) in [6.07, 6.45) is 0.949. The fourth-order valence-corrected chi connectivity index (χ4v) is 5.34. The van der Waals surface area contributed by atoms with Gasteiger partial charge >= 0.3 is 5.97 Å². The van der Waals surface area contributed by atoms with Crippen LogP contribution in [0.4, 0.5) is 5.69 Å². The van der Waals surface area contributed by atoms with Gasteiger partial charge in [-0.25, -0.2) is 8.42 Å². The van der Waals surface area contributed by atoms with E-state index in [1.54, 1.807) is 24.0 Å². The zero-order valence-corrected chi connectivity index (χ0v) is 20.8. The van der Waals surface area contributed by atoms with Crippen molar-refractivity contribution < 1.29 is 22.7 Å². The number of benzene rings is 2. The third-order valence-electron chi connectivity index (χ3n) is 5.55. The molecule has 1 aliphatic rings. The van der Waals surface area contributed by atoms with E-state index in [4.69, 9.17) is 27.9 Å². The molecule has 1 amide bonds. The zero-order chi connectivity index (χ0) is 24.2. The standard InChI is InChI=1S/C23H26Cl2N2O5S/c1-3-32-23(29)17-10-12-26(13-11-17)22(28)15-27(18-6-9-20(24)21(25)14-18)33(30,31)19-7-4-16(2)5-8-19/h4-9,14,17H,3,10-13,15H2,1-2H3. The van der Waals surface area contributed by atoms with Crippen LogP contribution in [-0.4, -0.2) is 51.4 Å². The lowest BCUT2D eigenvalue weighted by molar-refractivity contribution is -0.151. The number of carbonyl (C=O) groups is 2. The number of aryl methyl sites for hydroxylation is 1. The first-order valence-corrected chi connectivity index (χ1v) is 12.8. The molecule has 0 unspecified atom stereocenters. The van der Waals surface area contributed by atoms with E-state index < -0.39 is 16.6 Å². The number of ether oxygens (including phenoxy) is 1. The van der Waals surface area contributed by atoms with Crippen molar-refractivity contribution in [2.45, 2.75) is 31.6 Å². The first-order valence-electron chi connectivity index (χ1n) is 10.6. The third kappa shape index (κ3) is 5.99. The van der Waals surface area contributed by atoms with E-state index in [-0.39, 0.29) is 38.4 Å². The highest BCUT2D eigenvalue weighted by atomic mass is 35.5. The van der Waals surface area contributed by atoms with Crippen LogP contribution in [0.25, 0.3) is 0 Å². The number of sulfonamides is 1. The van der Waals surface area contributed by atoms with Gasteiger partial charge in [-0.2, -0.15) is 0 Å². The minimum Gasteiger partial charge on any atom is -0.466 e. The topological polar surface area (TPSA) is 84.0 Å². The molecule has 0 spiro atoms. The minimum absolute atomic E-state index is 0.0630. The molecule has 0 aromatic heterocycles. The third-order valence-corrected chi connectivity index (χ3v) is 8.07. The highest BCUT2D eigenvalue weighted by Crippen LogP contribution is 2.31. The van der Waals surface area contributed by atoms with Gasteiger partial charge in [0.25, 0.3) is 10.0 Å². The number of anilines is 1. The van der Waals surface area contributed by atoms with Gasteiger partial charge in [-0.15, -0.1) is 0 Å². The van der Waals surface area contributed by atoms with Crippen LogP contribution in [0, 0.1) is 12.8 Å². The predicted octanol–water partition coefficient (Wildman–Crippen LogP) is 4.30. The molecule has 0 radical (unpaired) electrons. The highest BCUT2D eigenvalue weighted by molar-refractivity contribution is 7.92. The summed E-state index contributed by atoms with van der Waals surface area (Å²) in [6, 6.07) is 10.8. The Morgan fingerprint density at radius 1 is 1.06 bits per heavy atom. The van der Waals surface area contributed by atoms with Gasteiger partial charge in [0.05, 0.1) is 33.2 Å². The van der Waals surface area contributed by atoms with Crippen LogP contribution < -0.4 is 4.31 Å². The number of hydrogen-bond donors (Lipinski definition) is 0. The van der Waals surface area contributed by atoms with Gasteiger partial charge in [-0.05, 0) is 57.0 Å². The SMILES string of the molecule is CCOC(=O)C1CCN(C(=O)CN(c2ccc(Cl)c(Cl)c2)S(=O)(=O)c2ccc(C)cc2)CC1. The molecule has 2 aromatic rings. The summed E-state index contributed by atoms with van der Waals surface area (Å²) >= 11 is 12.1. The smallest absolute Gasteiger partial charge is 0.309 e. The molecule has 1 fully saturated rings. The zero-order valence-electron chi connectivity index (χ0n) is 18.5. The minimum atomic E-state index is -4.06. The number of esters is 1. The number of carbonyl (C=O) groups excluding carboxylic acids is 2. The van der Waals surface area contributed by atoms with Crippen LogP contribution in [0.15, 0.2) is 47.4 Å². The fraction of sp³-hybridized carbons (Fsp3) is 0.391. The average Bonchev–Trinajstić information content (AvgIpc) is 2.79. The summed E-state index contributed by atoms with van der Waals surface area (Å²) in [5.41, 5.74) is 1.15. The molecule has 0 saturated carbocycles. The second-order valence-corrected chi connectivity index (χ2v) is 10.5. The number of piperidine rings is 1. The molecule has 1 aliphatic heterocycles. The van der Waals surface area contributed by atoms with Crippen LogP contribution in [0.1, 0.15) is 25.3 Å². The fourth-order valence-electron chi connectivity index (χ4n) is 3.64. The van der Waals surface area contributed by atoms with Crippen molar-refractivity contribution in [2.75, 3.05) is 30.5 Å². The van der Waals surface area contributed by atoms with E-state index in [0.717, 1.165) is 9.87 Å². The van der Waals surface area contributed by atoms with Crippen molar-refractivity contribution in [1.29, 1.82) is 0 Å². The molecular weight excluding hydrogens is 487 g/mol. The maximum Gasteiger partial charge on any atom is 0.309 e. The first kappa shape index (κ1) is 25.3. The van der Waals surface area contributed by atoms with E-state index in [2.05, 4.69) is 0 Å². The van der Waals surface area contributed by atoms with Gasteiger partial charge < -0.3 is 9.64 Å². The summed E-state index contributed by atoms with van der Waals surface area (Å²) in [7, 11) is -4.06. The predicted molar refractivity (Wildman–Crippen MR) is 128 cm³/mol. The molecule has 3 rings (SSSR count). The maximum atomic E-state index is 13.5. The van der Waals surface area contributed by atoms with E-state index >= 15 is 0 Å². The summed E-state index contributed by atoms with van der Waals surface area (Å²) in [5.74, 6) is -0.875. The van der Waals surface area contributed by atoms with Crippen molar-refractivity contribution in [3.63, 3.8) is 0 Å². The summed E-state index contributed by atoms with van der Waals surface area (Å²) in [6.45, 7) is 4.22. The Morgan fingerprint density at radius 3 is 2.27 bits per heavy atom. The van der Waals surface area contributed by atoms with E-state index in [1.165, 1.54) is 30.3 Å². The molecule has 0 aliphatic carbocycles. The number of hydrogen-bond acceptors (Lipinski definition) is 5. The van der Waals surface area contributed by atoms with Crippen LogP contribution in [0.3, 0.4) is 0 Å². The summed E-state index contributed by atoms with van der Waals surface area (Å²) < 4.78 is 33.1. The van der Waals surface area contributed by atoms with E-state index in [1.807, 2.05) is 6.92 Å². The Hall–Kier alpha value is -2.29. The van der Waals surface area contributed by atoms with Crippen LogP contribution in [-0.2, 0) is 24.3 Å². The van der Waals surface area contributed by atoms with Crippen molar-refractivity contribution in [1.82, 2.24) is 4.90 Å². The van der Waals surface area contributed by atoms with E-state index in [0.29, 0.717) is 32.5 Å². The number of halogens is 2. The Balaban J connectivity index is 1.84. The lowest BCUT2D eigenvalue weighted by Crippen LogP contribution is -2.46. The van der Waals surface area contributed by atoms with Crippen LogP contribution >= 0.6 is 23.2 Å². The van der Waals surface area contributed by atoms with Crippen molar-refractivity contribution in [3.8, 4) is 0 Å². The van der Waals surface area contributed by atoms with Crippen molar-refractivity contribution in [2.24, 2.45) is 5.92 Å². The van der Waals surface area contributed by atoms with Gasteiger partial charge in [0.15, 0.2) is 0 Å². The Kier molecular flexibility index (Phi) is 8.26. The van der Waals surface area contributed by atoms with Crippen LogP contribution in [0.5, 0.6) is 0 Å². The van der Waals surface area contributed by atoms with Gasteiger partial charge in [-0.3, -0.25) is 13.9 Å². The maximum absolute atomic E-state index is 13.5. The number of rotatable bonds is 7. The molecule has 0 N–H and O–H groups in total. The molecule has 0 atom stereocenters. The van der Waals surface area contributed by atoms with Gasteiger partial charge in [0, 0.05) is 13.1 Å². The Bertz CT molecular complexity index is 1110. The second kappa shape index (κ2) is 10.8. The van der Waals surface area contributed by atoms with Gasteiger partial charge in [-0.1, -0.05) is 40.9 Å². The summed E-state index contributed by atoms with van der Waals surface area (Å²) in [5, 5.41) is 0.460. The average molecular weight is 513 g/mol. The molecule has 7 nitrogen and oxygen atoms in total. The lowest BCUT2D eigenvalue weighted by atomic mass is 9.97. The van der Waals surface area contributed by atoms with E-state index in [9.17, 15) is 18.0 Å².